The topological polar surface area (TPSA) is 66.4 Å². The number of hydrogen-bond donors (Lipinski definition) is 2. The second-order valence-corrected chi connectivity index (χ2v) is 6.69. The number of benzene rings is 2. The summed E-state index contributed by atoms with van der Waals surface area (Å²) in [6, 6.07) is 14.0. The smallest absolute Gasteiger partial charge is 0.308 e. The van der Waals surface area contributed by atoms with Gasteiger partial charge in [0.2, 0.25) is 5.91 Å². The van der Waals surface area contributed by atoms with Crippen LogP contribution in [0.25, 0.3) is 10.8 Å². The lowest BCUT2D eigenvalue weighted by molar-refractivity contribution is -0.141. The summed E-state index contributed by atoms with van der Waals surface area (Å²) in [5, 5.41) is 14.5. The lowest BCUT2D eigenvalue weighted by Crippen LogP contribution is -2.34. The molecule has 2 atom stereocenters. The van der Waals surface area contributed by atoms with Crippen molar-refractivity contribution < 1.29 is 14.7 Å². The highest BCUT2D eigenvalue weighted by Gasteiger charge is 2.20. The van der Waals surface area contributed by atoms with Crippen molar-refractivity contribution >= 4 is 22.6 Å². The summed E-state index contributed by atoms with van der Waals surface area (Å²) >= 11 is 0. The van der Waals surface area contributed by atoms with Crippen molar-refractivity contribution in [3.05, 3.63) is 60.2 Å². The highest BCUT2D eigenvalue weighted by molar-refractivity contribution is 5.83. The standard InChI is InChI=1S/C21H23NO3/c23-20(13-15-5-1-2-6-15)22-14-19(21(24)25)12-16-9-10-17-7-3-4-8-18(17)11-16/h1,3-5,7-11,15,19H,2,6,12-14H2,(H,22,23)(H,24,25). The third-order valence-electron chi connectivity index (χ3n) is 4.75. The van der Waals surface area contributed by atoms with E-state index in [1.165, 1.54) is 0 Å². The number of rotatable bonds is 7. The first-order valence-electron chi connectivity index (χ1n) is 8.75. The third-order valence-corrected chi connectivity index (χ3v) is 4.75. The van der Waals surface area contributed by atoms with Gasteiger partial charge in [-0.1, -0.05) is 54.6 Å². The van der Waals surface area contributed by atoms with Crippen LogP contribution in [0.3, 0.4) is 0 Å². The van der Waals surface area contributed by atoms with Crippen molar-refractivity contribution in [2.24, 2.45) is 11.8 Å². The van der Waals surface area contributed by atoms with Crippen LogP contribution in [0.1, 0.15) is 24.8 Å². The molecule has 2 unspecified atom stereocenters. The Balaban J connectivity index is 1.59. The quantitative estimate of drug-likeness (QED) is 0.759. The van der Waals surface area contributed by atoms with Gasteiger partial charge < -0.3 is 10.4 Å². The zero-order valence-corrected chi connectivity index (χ0v) is 14.2. The van der Waals surface area contributed by atoms with Crippen LogP contribution in [0.5, 0.6) is 0 Å². The monoisotopic (exact) mass is 337 g/mol. The van der Waals surface area contributed by atoms with E-state index in [0.717, 1.165) is 29.2 Å². The van der Waals surface area contributed by atoms with E-state index in [4.69, 9.17) is 0 Å². The summed E-state index contributed by atoms with van der Waals surface area (Å²) in [6.07, 6.45) is 7.05. The van der Waals surface area contributed by atoms with Crippen LogP contribution >= 0.6 is 0 Å². The minimum atomic E-state index is -0.880. The highest BCUT2D eigenvalue weighted by atomic mass is 16.4. The molecule has 1 amide bonds. The lowest BCUT2D eigenvalue weighted by atomic mass is 9.97. The number of nitrogens with one attached hydrogen (secondary N) is 1. The number of amides is 1. The maximum atomic E-state index is 12.0. The number of carboxylic acid groups (broad SMARTS) is 1. The van der Waals surface area contributed by atoms with E-state index in [0.29, 0.717) is 18.8 Å². The van der Waals surface area contributed by atoms with Gasteiger partial charge in [-0.3, -0.25) is 9.59 Å². The molecule has 0 spiro atoms. The summed E-state index contributed by atoms with van der Waals surface area (Å²) in [5.74, 6) is -1.27. The molecule has 1 aliphatic rings. The summed E-state index contributed by atoms with van der Waals surface area (Å²) < 4.78 is 0. The van der Waals surface area contributed by atoms with Gasteiger partial charge in [0, 0.05) is 13.0 Å². The van der Waals surface area contributed by atoms with Crippen molar-refractivity contribution in [2.75, 3.05) is 6.54 Å². The van der Waals surface area contributed by atoms with Crippen molar-refractivity contribution in [1.82, 2.24) is 5.32 Å². The fraction of sp³-hybridized carbons (Fsp3) is 0.333. The molecule has 0 aromatic heterocycles. The fourth-order valence-corrected chi connectivity index (χ4v) is 3.31. The molecule has 2 aromatic rings. The molecule has 0 aliphatic heterocycles. The number of carboxylic acids is 1. The van der Waals surface area contributed by atoms with Gasteiger partial charge in [-0.15, -0.1) is 0 Å². The van der Waals surface area contributed by atoms with Gasteiger partial charge in [-0.05, 0) is 41.5 Å². The molecule has 0 bridgehead atoms. The predicted molar refractivity (Wildman–Crippen MR) is 98.3 cm³/mol. The molecule has 0 radical (unpaired) electrons. The largest absolute Gasteiger partial charge is 0.481 e. The van der Waals surface area contributed by atoms with Crippen molar-refractivity contribution in [2.45, 2.75) is 25.7 Å². The Morgan fingerprint density at radius 2 is 1.96 bits per heavy atom. The van der Waals surface area contributed by atoms with Gasteiger partial charge in [-0.25, -0.2) is 0 Å². The van der Waals surface area contributed by atoms with Gasteiger partial charge in [-0.2, -0.15) is 0 Å². The Bertz CT molecular complexity index is 797. The first-order valence-corrected chi connectivity index (χ1v) is 8.75. The minimum absolute atomic E-state index is 0.0682. The van der Waals surface area contributed by atoms with Gasteiger partial charge in [0.15, 0.2) is 0 Å². The summed E-state index contributed by atoms with van der Waals surface area (Å²) in [5.41, 5.74) is 0.971. The molecule has 0 saturated heterocycles. The van der Waals surface area contributed by atoms with Crippen molar-refractivity contribution in [3.8, 4) is 0 Å². The molecule has 0 saturated carbocycles. The van der Waals surface area contributed by atoms with E-state index in [2.05, 4.69) is 17.5 Å². The molecule has 4 nitrogen and oxygen atoms in total. The van der Waals surface area contributed by atoms with E-state index in [9.17, 15) is 14.7 Å². The van der Waals surface area contributed by atoms with Gasteiger partial charge in [0.25, 0.3) is 0 Å². The number of allylic oxidation sites excluding steroid dienone is 2. The molecule has 2 aromatic carbocycles. The number of hydrogen-bond acceptors (Lipinski definition) is 2. The van der Waals surface area contributed by atoms with Gasteiger partial charge >= 0.3 is 5.97 Å². The zero-order chi connectivity index (χ0) is 17.6. The summed E-state index contributed by atoms with van der Waals surface area (Å²) in [7, 11) is 0. The molecule has 0 heterocycles. The van der Waals surface area contributed by atoms with E-state index in [1.807, 2.05) is 42.5 Å². The van der Waals surface area contributed by atoms with Crippen LogP contribution < -0.4 is 5.32 Å². The SMILES string of the molecule is O=C(CC1C=CCC1)NCC(Cc1ccc2ccccc2c1)C(=O)O. The maximum absolute atomic E-state index is 12.0. The van der Waals surface area contributed by atoms with E-state index < -0.39 is 11.9 Å². The van der Waals surface area contributed by atoms with Gasteiger partial charge in [0.1, 0.15) is 0 Å². The number of aliphatic carboxylic acids is 1. The average Bonchev–Trinajstić information content (AvgIpc) is 3.11. The van der Waals surface area contributed by atoms with Crippen molar-refractivity contribution in [3.63, 3.8) is 0 Å². The molecule has 25 heavy (non-hydrogen) atoms. The summed E-state index contributed by atoms with van der Waals surface area (Å²) in [6.45, 7) is 0.164. The number of carbonyl (C=O) groups excluding carboxylic acids is 1. The minimum Gasteiger partial charge on any atom is -0.481 e. The van der Waals surface area contributed by atoms with Gasteiger partial charge in [0.05, 0.1) is 5.92 Å². The lowest BCUT2D eigenvalue weighted by Gasteiger charge is -2.15. The number of carbonyl (C=O) groups is 2. The zero-order valence-electron chi connectivity index (χ0n) is 14.2. The molecular weight excluding hydrogens is 314 g/mol. The molecular formula is C21H23NO3. The third kappa shape index (κ3) is 4.69. The van der Waals surface area contributed by atoms with Crippen LogP contribution in [0, 0.1) is 11.8 Å². The van der Waals surface area contributed by atoms with E-state index >= 15 is 0 Å². The first kappa shape index (κ1) is 17.2. The van der Waals surface area contributed by atoms with Crippen LogP contribution in [-0.4, -0.2) is 23.5 Å². The van der Waals surface area contributed by atoms with E-state index in [1.54, 1.807) is 0 Å². The summed E-state index contributed by atoms with van der Waals surface area (Å²) in [4.78, 5) is 23.6. The van der Waals surface area contributed by atoms with Crippen LogP contribution in [0.2, 0.25) is 0 Å². The van der Waals surface area contributed by atoms with E-state index in [-0.39, 0.29) is 12.5 Å². The molecule has 1 aliphatic carbocycles. The van der Waals surface area contributed by atoms with Crippen molar-refractivity contribution in [1.29, 1.82) is 0 Å². The Labute approximate surface area is 147 Å². The molecule has 3 rings (SSSR count). The Morgan fingerprint density at radius 1 is 1.16 bits per heavy atom. The molecule has 130 valence electrons. The fourth-order valence-electron chi connectivity index (χ4n) is 3.31. The molecule has 2 N–H and O–H groups in total. The Kier molecular flexibility index (Phi) is 5.49. The normalized spacial score (nSPS) is 17.5. The predicted octanol–water partition coefficient (Wildman–Crippen LogP) is 3.56. The van der Waals surface area contributed by atoms with Crippen LogP contribution in [0.15, 0.2) is 54.6 Å². The first-order chi connectivity index (χ1) is 12.1. The maximum Gasteiger partial charge on any atom is 0.308 e. The highest BCUT2D eigenvalue weighted by Crippen LogP contribution is 2.20. The molecule has 0 fully saturated rings. The molecule has 4 heteroatoms. The second-order valence-electron chi connectivity index (χ2n) is 6.69. The second kappa shape index (κ2) is 7.97. The van der Waals surface area contributed by atoms with Crippen LogP contribution in [-0.2, 0) is 16.0 Å². The Morgan fingerprint density at radius 3 is 2.68 bits per heavy atom. The van der Waals surface area contributed by atoms with Crippen LogP contribution in [0.4, 0.5) is 0 Å². The average molecular weight is 337 g/mol. The Hall–Kier alpha value is -2.62. The number of fused-ring (bicyclic) bond motifs is 1.